The maximum Gasteiger partial charge on any atom is 0.324 e. The monoisotopic (exact) mass is 323 g/mol. The quantitative estimate of drug-likeness (QED) is 0.720. The molecule has 1 aromatic carbocycles. The summed E-state index contributed by atoms with van der Waals surface area (Å²) < 4.78 is 29.9. The average Bonchev–Trinajstić information content (AvgIpc) is 2.45. The molecule has 1 aromatic rings. The lowest BCUT2D eigenvalue weighted by atomic mass is 10.2. The first-order valence-corrected chi connectivity index (χ1v) is 8.89. The second-order valence-electron chi connectivity index (χ2n) is 5.54. The van der Waals surface area contributed by atoms with Crippen LogP contribution in [0.25, 0.3) is 0 Å². The number of benzene rings is 1. The van der Waals surface area contributed by atoms with E-state index < -0.39 is 21.1 Å². The number of esters is 1. The number of nitriles is 1. The highest BCUT2D eigenvalue weighted by molar-refractivity contribution is 7.92. The zero-order chi connectivity index (χ0) is 16.8. The van der Waals surface area contributed by atoms with Crippen molar-refractivity contribution in [2.24, 2.45) is 5.92 Å². The molecule has 0 amide bonds. The molecule has 0 fully saturated rings. The van der Waals surface area contributed by atoms with Gasteiger partial charge in [0.15, 0.2) is 15.1 Å². The third-order valence-electron chi connectivity index (χ3n) is 3.05. The van der Waals surface area contributed by atoms with Crippen LogP contribution in [0.3, 0.4) is 0 Å². The van der Waals surface area contributed by atoms with E-state index in [0.29, 0.717) is 11.1 Å². The van der Waals surface area contributed by atoms with Crippen molar-refractivity contribution < 1.29 is 17.9 Å². The molecular formula is C16H21NO4S. The number of ether oxygens (including phenoxy) is 1. The van der Waals surface area contributed by atoms with Crippen LogP contribution in [-0.2, 0) is 25.1 Å². The van der Waals surface area contributed by atoms with Gasteiger partial charge in [-0.2, -0.15) is 5.26 Å². The van der Waals surface area contributed by atoms with Crippen molar-refractivity contribution in [3.05, 3.63) is 35.4 Å². The van der Waals surface area contributed by atoms with Gasteiger partial charge in [0, 0.05) is 0 Å². The Morgan fingerprint density at radius 3 is 2.59 bits per heavy atom. The van der Waals surface area contributed by atoms with E-state index in [1.54, 1.807) is 25.1 Å². The highest BCUT2D eigenvalue weighted by atomic mass is 32.2. The standard InChI is InChI=1S/C16H21NO4S/c1-4-15(16(18)21-10-12(2)3)22(19,20)11-14-7-5-6-13(8-14)9-17/h5-8,12,15H,4,10-11H2,1-3H3. The maximum atomic E-state index is 12.4. The second kappa shape index (κ2) is 7.95. The summed E-state index contributed by atoms with van der Waals surface area (Å²) in [7, 11) is -3.68. The van der Waals surface area contributed by atoms with Gasteiger partial charge in [0.25, 0.3) is 0 Å². The maximum absolute atomic E-state index is 12.4. The van der Waals surface area contributed by atoms with E-state index in [-0.39, 0.29) is 24.7 Å². The van der Waals surface area contributed by atoms with Gasteiger partial charge in [0.1, 0.15) is 0 Å². The van der Waals surface area contributed by atoms with Gasteiger partial charge in [0.2, 0.25) is 0 Å². The Morgan fingerprint density at radius 2 is 2.05 bits per heavy atom. The van der Waals surface area contributed by atoms with Crippen LogP contribution in [0.1, 0.15) is 38.3 Å². The molecule has 0 saturated heterocycles. The number of nitrogens with zero attached hydrogens (tertiary/aromatic N) is 1. The number of carbonyl (C=O) groups excluding carboxylic acids is 1. The van der Waals surface area contributed by atoms with Gasteiger partial charge in [-0.3, -0.25) is 4.79 Å². The van der Waals surface area contributed by atoms with Crippen LogP contribution in [0, 0.1) is 17.2 Å². The predicted molar refractivity (Wildman–Crippen MR) is 83.7 cm³/mol. The molecule has 0 spiro atoms. The van der Waals surface area contributed by atoms with Crippen molar-refractivity contribution in [1.29, 1.82) is 5.26 Å². The molecule has 1 unspecified atom stereocenters. The van der Waals surface area contributed by atoms with E-state index in [2.05, 4.69) is 0 Å². The number of hydrogen-bond acceptors (Lipinski definition) is 5. The molecule has 0 saturated carbocycles. The van der Waals surface area contributed by atoms with Crippen molar-refractivity contribution in [3.8, 4) is 6.07 Å². The van der Waals surface area contributed by atoms with E-state index in [9.17, 15) is 13.2 Å². The Morgan fingerprint density at radius 1 is 1.36 bits per heavy atom. The molecule has 0 aromatic heterocycles. The number of sulfone groups is 1. The zero-order valence-corrected chi connectivity index (χ0v) is 13.9. The van der Waals surface area contributed by atoms with Crippen LogP contribution in [0.15, 0.2) is 24.3 Å². The number of hydrogen-bond donors (Lipinski definition) is 0. The van der Waals surface area contributed by atoms with E-state index in [4.69, 9.17) is 10.00 Å². The highest BCUT2D eigenvalue weighted by Crippen LogP contribution is 2.17. The summed E-state index contributed by atoms with van der Waals surface area (Å²) in [5, 5.41) is 7.68. The van der Waals surface area contributed by atoms with Crippen molar-refractivity contribution in [3.63, 3.8) is 0 Å². The highest BCUT2D eigenvalue weighted by Gasteiger charge is 2.32. The van der Waals surface area contributed by atoms with Crippen molar-refractivity contribution in [2.75, 3.05) is 6.61 Å². The van der Waals surface area contributed by atoms with Gasteiger partial charge < -0.3 is 4.74 Å². The molecule has 6 heteroatoms. The topological polar surface area (TPSA) is 84.2 Å². The molecule has 120 valence electrons. The van der Waals surface area contributed by atoms with Gasteiger partial charge in [-0.1, -0.05) is 32.9 Å². The minimum atomic E-state index is -3.68. The van der Waals surface area contributed by atoms with Gasteiger partial charge in [-0.15, -0.1) is 0 Å². The van der Waals surface area contributed by atoms with Crippen LogP contribution in [-0.4, -0.2) is 26.2 Å². The van der Waals surface area contributed by atoms with Gasteiger partial charge in [0.05, 0.1) is 24.0 Å². The molecule has 0 aliphatic heterocycles. The lowest BCUT2D eigenvalue weighted by molar-refractivity contribution is -0.144. The lowest BCUT2D eigenvalue weighted by Gasteiger charge is -2.16. The second-order valence-corrected chi connectivity index (χ2v) is 7.72. The summed E-state index contributed by atoms with van der Waals surface area (Å²) in [5.41, 5.74) is 0.886. The largest absolute Gasteiger partial charge is 0.464 e. The molecule has 1 atom stereocenters. The smallest absolute Gasteiger partial charge is 0.324 e. The van der Waals surface area contributed by atoms with Crippen LogP contribution in [0.2, 0.25) is 0 Å². The summed E-state index contributed by atoms with van der Waals surface area (Å²) >= 11 is 0. The summed E-state index contributed by atoms with van der Waals surface area (Å²) in [4.78, 5) is 12.0. The zero-order valence-electron chi connectivity index (χ0n) is 13.1. The molecule has 0 bridgehead atoms. The average molecular weight is 323 g/mol. The van der Waals surface area contributed by atoms with E-state index in [1.165, 1.54) is 6.07 Å². The SMILES string of the molecule is CCC(C(=O)OCC(C)C)S(=O)(=O)Cc1cccc(C#N)c1. The Balaban J connectivity index is 2.90. The normalized spacial score (nSPS) is 12.7. The van der Waals surface area contributed by atoms with Crippen molar-refractivity contribution in [1.82, 2.24) is 0 Å². The molecule has 0 aliphatic carbocycles. The number of carbonyl (C=O) groups is 1. The summed E-state index contributed by atoms with van der Waals surface area (Å²) in [6, 6.07) is 8.34. The molecular weight excluding hydrogens is 302 g/mol. The third-order valence-corrected chi connectivity index (χ3v) is 5.18. The van der Waals surface area contributed by atoms with Gasteiger partial charge in [-0.25, -0.2) is 8.42 Å². The Kier molecular flexibility index (Phi) is 6.57. The first-order chi connectivity index (χ1) is 10.3. The fourth-order valence-electron chi connectivity index (χ4n) is 1.97. The van der Waals surface area contributed by atoms with E-state index in [1.807, 2.05) is 19.9 Å². The van der Waals surface area contributed by atoms with Crippen LogP contribution in [0.4, 0.5) is 0 Å². The van der Waals surface area contributed by atoms with Crippen molar-refractivity contribution in [2.45, 2.75) is 38.2 Å². The summed E-state index contributed by atoms with van der Waals surface area (Å²) in [6.45, 7) is 5.62. The van der Waals surface area contributed by atoms with Gasteiger partial charge >= 0.3 is 5.97 Å². The molecule has 0 radical (unpaired) electrons. The first kappa shape index (κ1) is 18.2. The molecule has 5 nitrogen and oxygen atoms in total. The van der Waals surface area contributed by atoms with Gasteiger partial charge in [-0.05, 0) is 30.0 Å². The molecule has 0 heterocycles. The third kappa shape index (κ3) is 5.15. The van der Waals surface area contributed by atoms with Crippen LogP contribution < -0.4 is 0 Å². The first-order valence-electron chi connectivity index (χ1n) is 7.17. The Bertz CT molecular complexity index is 659. The molecule has 0 aliphatic rings. The lowest BCUT2D eigenvalue weighted by Crippen LogP contribution is -2.33. The molecule has 0 N–H and O–H groups in total. The Labute approximate surface area is 131 Å². The Hall–Kier alpha value is -1.87. The summed E-state index contributed by atoms with van der Waals surface area (Å²) in [5.74, 6) is -0.832. The van der Waals surface area contributed by atoms with Crippen molar-refractivity contribution >= 4 is 15.8 Å². The molecule has 1 rings (SSSR count). The fourth-order valence-corrected chi connectivity index (χ4v) is 3.69. The van der Waals surface area contributed by atoms with E-state index >= 15 is 0 Å². The fraction of sp³-hybridized carbons (Fsp3) is 0.500. The minimum Gasteiger partial charge on any atom is -0.464 e. The van der Waals surface area contributed by atoms with Crippen LogP contribution >= 0.6 is 0 Å². The minimum absolute atomic E-state index is 0.150. The predicted octanol–water partition coefficient (Wildman–Crippen LogP) is 2.45. The number of rotatable bonds is 7. The molecule has 22 heavy (non-hydrogen) atoms. The van der Waals surface area contributed by atoms with E-state index in [0.717, 1.165) is 0 Å². The summed E-state index contributed by atoms with van der Waals surface area (Å²) in [6.07, 6.45) is 0.164. The van der Waals surface area contributed by atoms with Crippen LogP contribution in [0.5, 0.6) is 0 Å².